The molecule has 1 aromatic rings. The van der Waals surface area contributed by atoms with Crippen molar-refractivity contribution < 1.29 is 4.74 Å². The fourth-order valence-electron chi connectivity index (χ4n) is 2.17. The molecule has 1 rings (SSSR count). The standard InChI is InChI=1S/C17H30N2O/c1-12(2)16(10-18)11-19-14(5)15-7-6-8-17(9-15)20-13(3)4/h6-9,12-14,16,19H,10-11,18H2,1-5H3. The van der Waals surface area contributed by atoms with Crippen molar-refractivity contribution >= 4 is 0 Å². The second kappa shape index (κ2) is 8.28. The number of nitrogens with two attached hydrogens (primary N) is 1. The van der Waals surface area contributed by atoms with E-state index in [2.05, 4.69) is 38.2 Å². The minimum Gasteiger partial charge on any atom is -0.491 e. The lowest BCUT2D eigenvalue weighted by Crippen LogP contribution is -2.33. The quantitative estimate of drug-likeness (QED) is 0.766. The van der Waals surface area contributed by atoms with Crippen molar-refractivity contribution in [3.05, 3.63) is 29.8 Å². The third kappa shape index (κ3) is 5.51. The predicted octanol–water partition coefficient (Wildman–Crippen LogP) is 3.36. The lowest BCUT2D eigenvalue weighted by molar-refractivity contribution is 0.242. The normalized spacial score (nSPS) is 14.6. The van der Waals surface area contributed by atoms with E-state index in [0.29, 0.717) is 17.9 Å². The van der Waals surface area contributed by atoms with Gasteiger partial charge in [-0.05, 0) is 63.4 Å². The molecule has 2 unspecified atom stereocenters. The van der Waals surface area contributed by atoms with Crippen molar-refractivity contribution in [2.45, 2.75) is 46.8 Å². The van der Waals surface area contributed by atoms with Crippen LogP contribution in [0.1, 0.15) is 46.2 Å². The zero-order chi connectivity index (χ0) is 15.1. The van der Waals surface area contributed by atoms with E-state index in [-0.39, 0.29) is 6.10 Å². The fraction of sp³-hybridized carbons (Fsp3) is 0.647. The molecule has 0 aliphatic heterocycles. The molecule has 0 spiro atoms. The van der Waals surface area contributed by atoms with Gasteiger partial charge < -0.3 is 15.8 Å². The van der Waals surface area contributed by atoms with Gasteiger partial charge in [-0.2, -0.15) is 0 Å². The van der Waals surface area contributed by atoms with E-state index in [4.69, 9.17) is 10.5 Å². The zero-order valence-corrected chi connectivity index (χ0v) is 13.5. The smallest absolute Gasteiger partial charge is 0.120 e. The molecule has 0 aromatic heterocycles. The minimum atomic E-state index is 0.205. The van der Waals surface area contributed by atoms with Crippen LogP contribution in [0.2, 0.25) is 0 Å². The first kappa shape index (κ1) is 17.0. The first-order chi connectivity index (χ1) is 9.43. The summed E-state index contributed by atoms with van der Waals surface area (Å²) in [6.45, 7) is 12.4. The first-order valence-electron chi connectivity index (χ1n) is 7.64. The largest absolute Gasteiger partial charge is 0.491 e. The molecule has 2 atom stereocenters. The Morgan fingerprint density at radius 3 is 2.40 bits per heavy atom. The molecule has 3 nitrogen and oxygen atoms in total. The summed E-state index contributed by atoms with van der Waals surface area (Å²) in [5, 5.41) is 3.58. The second-order valence-electron chi connectivity index (χ2n) is 6.11. The number of ether oxygens (including phenoxy) is 1. The number of benzene rings is 1. The van der Waals surface area contributed by atoms with Crippen LogP contribution in [-0.4, -0.2) is 19.2 Å². The van der Waals surface area contributed by atoms with Gasteiger partial charge in [-0.3, -0.25) is 0 Å². The third-order valence-corrected chi connectivity index (χ3v) is 3.66. The maximum absolute atomic E-state index is 5.82. The van der Waals surface area contributed by atoms with Crippen LogP contribution in [0.4, 0.5) is 0 Å². The molecule has 3 heteroatoms. The van der Waals surface area contributed by atoms with E-state index in [0.717, 1.165) is 18.8 Å². The topological polar surface area (TPSA) is 47.3 Å². The summed E-state index contributed by atoms with van der Waals surface area (Å²) in [5.74, 6) is 2.06. The van der Waals surface area contributed by atoms with Gasteiger partial charge in [0.15, 0.2) is 0 Å². The van der Waals surface area contributed by atoms with E-state index in [1.807, 2.05) is 26.0 Å². The number of nitrogens with one attached hydrogen (secondary N) is 1. The van der Waals surface area contributed by atoms with Gasteiger partial charge in [0, 0.05) is 6.04 Å². The Balaban J connectivity index is 2.60. The fourth-order valence-corrected chi connectivity index (χ4v) is 2.17. The average Bonchev–Trinajstić information content (AvgIpc) is 2.38. The maximum atomic E-state index is 5.82. The van der Waals surface area contributed by atoms with Crippen molar-refractivity contribution in [3.8, 4) is 5.75 Å². The molecular weight excluding hydrogens is 248 g/mol. The van der Waals surface area contributed by atoms with Gasteiger partial charge in [0.25, 0.3) is 0 Å². The number of rotatable bonds is 8. The summed E-state index contributed by atoms with van der Waals surface area (Å²) in [6.07, 6.45) is 0.205. The van der Waals surface area contributed by atoms with E-state index >= 15 is 0 Å². The predicted molar refractivity (Wildman–Crippen MR) is 86.0 cm³/mol. The highest BCUT2D eigenvalue weighted by Crippen LogP contribution is 2.20. The molecule has 0 saturated carbocycles. The molecule has 20 heavy (non-hydrogen) atoms. The summed E-state index contributed by atoms with van der Waals surface area (Å²) in [6, 6.07) is 8.61. The molecule has 0 aliphatic carbocycles. The summed E-state index contributed by atoms with van der Waals surface area (Å²) in [4.78, 5) is 0. The molecule has 0 saturated heterocycles. The zero-order valence-electron chi connectivity index (χ0n) is 13.5. The summed E-state index contributed by atoms with van der Waals surface area (Å²) in [5.41, 5.74) is 7.07. The Hall–Kier alpha value is -1.06. The van der Waals surface area contributed by atoms with Gasteiger partial charge >= 0.3 is 0 Å². The van der Waals surface area contributed by atoms with Crippen molar-refractivity contribution in [1.29, 1.82) is 0 Å². The third-order valence-electron chi connectivity index (χ3n) is 3.66. The van der Waals surface area contributed by atoms with E-state index in [1.54, 1.807) is 0 Å². The summed E-state index contributed by atoms with van der Waals surface area (Å²) >= 11 is 0. The van der Waals surface area contributed by atoms with Crippen molar-refractivity contribution in [2.75, 3.05) is 13.1 Å². The maximum Gasteiger partial charge on any atom is 0.120 e. The van der Waals surface area contributed by atoms with E-state index < -0.39 is 0 Å². The Morgan fingerprint density at radius 2 is 1.85 bits per heavy atom. The van der Waals surface area contributed by atoms with E-state index in [1.165, 1.54) is 5.56 Å². The van der Waals surface area contributed by atoms with Gasteiger partial charge in [-0.15, -0.1) is 0 Å². The molecule has 1 aromatic carbocycles. The number of hydrogen-bond acceptors (Lipinski definition) is 3. The molecule has 0 fully saturated rings. The van der Waals surface area contributed by atoms with Crippen LogP contribution < -0.4 is 15.8 Å². The van der Waals surface area contributed by atoms with Crippen molar-refractivity contribution in [1.82, 2.24) is 5.32 Å². The van der Waals surface area contributed by atoms with Gasteiger partial charge in [-0.25, -0.2) is 0 Å². The highest BCUT2D eigenvalue weighted by Gasteiger charge is 2.13. The molecule has 114 valence electrons. The van der Waals surface area contributed by atoms with Crippen LogP contribution in [0.15, 0.2) is 24.3 Å². The SMILES string of the molecule is CC(C)Oc1cccc(C(C)NCC(CN)C(C)C)c1. The molecule has 0 heterocycles. The van der Waals surface area contributed by atoms with Crippen LogP contribution in [0.25, 0.3) is 0 Å². The van der Waals surface area contributed by atoms with Crippen LogP contribution in [0.3, 0.4) is 0 Å². The Morgan fingerprint density at radius 1 is 1.15 bits per heavy atom. The Labute approximate surface area is 123 Å². The van der Waals surface area contributed by atoms with Crippen molar-refractivity contribution in [2.24, 2.45) is 17.6 Å². The van der Waals surface area contributed by atoms with Gasteiger partial charge in [0.2, 0.25) is 0 Å². The molecule has 0 radical (unpaired) electrons. The Bertz CT molecular complexity index is 390. The molecular formula is C17H30N2O. The van der Waals surface area contributed by atoms with Crippen LogP contribution in [-0.2, 0) is 0 Å². The molecule has 0 amide bonds. The summed E-state index contributed by atoms with van der Waals surface area (Å²) in [7, 11) is 0. The van der Waals surface area contributed by atoms with Crippen LogP contribution >= 0.6 is 0 Å². The van der Waals surface area contributed by atoms with Gasteiger partial charge in [0.1, 0.15) is 5.75 Å². The lowest BCUT2D eigenvalue weighted by Gasteiger charge is -2.23. The lowest BCUT2D eigenvalue weighted by atomic mass is 9.95. The van der Waals surface area contributed by atoms with Crippen LogP contribution in [0.5, 0.6) is 5.75 Å². The summed E-state index contributed by atoms with van der Waals surface area (Å²) < 4.78 is 5.74. The highest BCUT2D eigenvalue weighted by atomic mass is 16.5. The van der Waals surface area contributed by atoms with Crippen LogP contribution in [0, 0.1) is 11.8 Å². The molecule has 0 bridgehead atoms. The first-order valence-corrected chi connectivity index (χ1v) is 7.64. The molecule has 3 N–H and O–H groups in total. The van der Waals surface area contributed by atoms with Gasteiger partial charge in [-0.1, -0.05) is 26.0 Å². The Kier molecular flexibility index (Phi) is 7.03. The second-order valence-corrected chi connectivity index (χ2v) is 6.11. The average molecular weight is 278 g/mol. The van der Waals surface area contributed by atoms with Gasteiger partial charge in [0.05, 0.1) is 6.10 Å². The highest BCUT2D eigenvalue weighted by molar-refractivity contribution is 5.30. The molecule has 0 aliphatic rings. The monoisotopic (exact) mass is 278 g/mol. The minimum absolute atomic E-state index is 0.205. The van der Waals surface area contributed by atoms with Crippen molar-refractivity contribution in [3.63, 3.8) is 0 Å². The van der Waals surface area contributed by atoms with E-state index in [9.17, 15) is 0 Å². The number of hydrogen-bond donors (Lipinski definition) is 2.